The Labute approximate surface area is 150 Å². The van der Waals surface area contributed by atoms with E-state index in [2.05, 4.69) is 27.9 Å². The van der Waals surface area contributed by atoms with E-state index in [1.54, 1.807) is 11.3 Å². The van der Waals surface area contributed by atoms with Gasteiger partial charge in [0.05, 0.1) is 11.2 Å². The minimum absolute atomic E-state index is 0.224. The van der Waals surface area contributed by atoms with Crippen LogP contribution in [0.2, 0.25) is 0 Å². The fourth-order valence-electron chi connectivity index (χ4n) is 3.18. The van der Waals surface area contributed by atoms with Gasteiger partial charge in [-0.15, -0.1) is 22.7 Å². The number of halogens is 1. The second kappa shape index (κ2) is 7.70. The smallest absolute Gasteiger partial charge is 0.114 e. The van der Waals surface area contributed by atoms with E-state index in [1.807, 2.05) is 24.6 Å². The van der Waals surface area contributed by atoms with Crippen LogP contribution in [0.4, 0.5) is 4.39 Å². The molecule has 1 fully saturated rings. The van der Waals surface area contributed by atoms with Gasteiger partial charge in [-0.25, -0.2) is 9.37 Å². The van der Waals surface area contributed by atoms with Crippen molar-refractivity contribution < 1.29 is 4.39 Å². The van der Waals surface area contributed by atoms with E-state index in [-0.39, 0.29) is 6.04 Å². The van der Waals surface area contributed by atoms with E-state index in [0.717, 1.165) is 30.2 Å². The minimum atomic E-state index is -0.747. The van der Waals surface area contributed by atoms with E-state index in [0.29, 0.717) is 13.0 Å². The summed E-state index contributed by atoms with van der Waals surface area (Å²) in [5, 5.41) is 8.92. The Balaban J connectivity index is 1.59. The molecule has 0 aromatic carbocycles. The number of thiophene rings is 1. The second-order valence-electron chi connectivity index (χ2n) is 6.35. The number of nitrogens with zero attached hydrogens (tertiary/aromatic N) is 4. The maximum atomic E-state index is 14.0. The number of hydrogen-bond acceptors (Lipinski definition) is 6. The van der Waals surface area contributed by atoms with E-state index >= 15 is 0 Å². The van der Waals surface area contributed by atoms with Gasteiger partial charge in [0.1, 0.15) is 17.1 Å². The summed E-state index contributed by atoms with van der Waals surface area (Å²) >= 11 is 3.18. The number of thiazole rings is 1. The summed E-state index contributed by atoms with van der Waals surface area (Å²) in [7, 11) is 2.06. The van der Waals surface area contributed by atoms with Crippen LogP contribution in [-0.2, 0) is 13.1 Å². The number of nitriles is 1. The standard InChI is InChI=1S/C17H21FN4S2/c1-12-17(23-11-20-12)10-22-7-13(18)5-14(22)8-21(2)9-16-4-3-15(6-19)24-16/h3-4,11,13-14H,5,7-10H2,1-2H3/t13-,14-/m0/s1. The molecule has 1 aliphatic rings. The SMILES string of the molecule is Cc1ncsc1CN1C[C@@H](F)C[C@H]1CN(C)Cc1ccc(C#N)s1. The van der Waals surface area contributed by atoms with Crippen LogP contribution in [0.5, 0.6) is 0 Å². The lowest BCUT2D eigenvalue weighted by molar-refractivity contribution is 0.182. The zero-order valence-corrected chi connectivity index (χ0v) is 15.5. The molecular formula is C17H21FN4S2. The average Bonchev–Trinajstić information content (AvgIpc) is 3.22. The highest BCUT2D eigenvalue weighted by molar-refractivity contribution is 7.12. The lowest BCUT2D eigenvalue weighted by Crippen LogP contribution is -2.38. The quantitative estimate of drug-likeness (QED) is 0.788. The molecule has 3 rings (SSSR count). The molecule has 128 valence electrons. The first kappa shape index (κ1) is 17.5. The van der Waals surface area contributed by atoms with E-state index in [4.69, 9.17) is 5.26 Å². The molecule has 0 spiro atoms. The Hall–Kier alpha value is -1.33. The molecule has 2 aromatic rings. The van der Waals surface area contributed by atoms with E-state index in [1.165, 1.54) is 21.1 Å². The number of hydrogen-bond donors (Lipinski definition) is 0. The first-order valence-corrected chi connectivity index (χ1v) is 9.69. The van der Waals surface area contributed by atoms with Crippen LogP contribution < -0.4 is 0 Å². The highest BCUT2D eigenvalue weighted by atomic mass is 32.1. The van der Waals surface area contributed by atoms with Crippen molar-refractivity contribution in [2.45, 2.75) is 38.6 Å². The monoisotopic (exact) mass is 364 g/mol. The van der Waals surface area contributed by atoms with Crippen molar-refractivity contribution in [2.75, 3.05) is 20.1 Å². The van der Waals surface area contributed by atoms with Crippen LogP contribution >= 0.6 is 22.7 Å². The fourth-order valence-corrected chi connectivity index (χ4v) is 4.87. The van der Waals surface area contributed by atoms with Crippen LogP contribution in [0.1, 0.15) is 26.7 Å². The van der Waals surface area contributed by atoms with E-state index < -0.39 is 6.17 Å². The van der Waals surface area contributed by atoms with Crippen LogP contribution in [0, 0.1) is 18.3 Å². The van der Waals surface area contributed by atoms with Crippen molar-refractivity contribution in [1.29, 1.82) is 5.26 Å². The summed E-state index contributed by atoms with van der Waals surface area (Å²) in [6.07, 6.45) is -0.153. The predicted octanol–water partition coefficient (Wildman–Crippen LogP) is 3.43. The average molecular weight is 365 g/mol. The van der Waals surface area contributed by atoms with Gasteiger partial charge in [-0.05, 0) is 32.5 Å². The summed E-state index contributed by atoms with van der Waals surface area (Å²) in [4.78, 5) is 11.9. The molecule has 2 atom stereocenters. The van der Waals surface area contributed by atoms with Gasteiger partial charge < -0.3 is 0 Å². The topological polar surface area (TPSA) is 43.2 Å². The molecule has 3 heterocycles. The molecule has 0 saturated carbocycles. The molecule has 2 aromatic heterocycles. The number of likely N-dealkylation sites (tertiary alicyclic amines) is 1. The zero-order chi connectivity index (χ0) is 17.1. The molecule has 1 aliphatic heterocycles. The fraction of sp³-hybridized carbons (Fsp3) is 0.529. The largest absolute Gasteiger partial charge is 0.300 e. The van der Waals surface area contributed by atoms with Crippen molar-refractivity contribution in [3.63, 3.8) is 0 Å². The van der Waals surface area contributed by atoms with Crippen molar-refractivity contribution >= 4 is 22.7 Å². The molecular weight excluding hydrogens is 343 g/mol. The van der Waals surface area contributed by atoms with Gasteiger partial charge in [0.2, 0.25) is 0 Å². The molecule has 1 saturated heterocycles. The number of aryl methyl sites for hydroxylation is 1. The Morgan fingerprint density at radius 2 is 2.33 bits per heavy atom. The lowest BCUT2D eigenvalue weighted by Gasteiger charge is -2.27. The van der Waals surface area contributed by atoms with Crippen LogP contribution in [-0.4, -0.2) is 47.1 Å². The minimum Gasteiger partial charge on any atom is -0.300 e. The number of aromatic nitrogens is 1. The molecule has 4 nitrogen and oxygen atoms in total. The van der Waals surface area contributed by atoms with Gasteiger partial charge in [-0.2, -0.15) is 5.26 Å². The lowest BCUT2D eigenvalue weighted by atomic mass is 10.2. The van der Waals surface area contributed by atoms with Gasteiger partial charge in [-0.3, -0.25) is 9.80 Å². The Morgan fingerprint density at radius 1 is 1.50 bits per heavy atom. The Morgan fingerprint density at radius 3 is 3.00 bits per heavy atom. The van der Waals surface area contributed by atoms with Gasteiger partial charge in [0.25, 0.3) is 0 Å². The Kier molecular flexibility index (Phi) is 5.61. The molecule has 0 aliphatic carbocycles. The van der Waals surface area contributed by atoms with Gasteiger partial charge in [0, 0.05) is 42.0 Å². The number of alkyl halides is 1. The molecule has 0 radical (unpaired) electrons. The highest BCUT2D eigenvalue weighted by Gasteiger charge is 2.33. The third kappa shape index (κ3) is 4.19. The first-order valence-electron chi connectivity index (χ1n) is 7.99. The maximum absolute atomic E-state index is 14.0. The summed E-state index contributed by atoms with van der Waals surface area (Å²) in [6, 6.07) is 6.26. The van der Waals surface area contributed by atoms with Crippen molar-refractivity contribution in [3.05, 3.63) is 38.0 Å². The molecule has 0 amide bonds. The first-order chi connectivity index (χ1) is 11.5. The Bertz CT molecular complexity index is 720. The van der Waals surface area contributed by atoms with Gasteiger partial charge in [0.15, 0.2) is 0 Å². The predicted molar refractivity (Wildman–Crippen MR) is 95.9 cm³/mol. The van der Waals surface area contributed by atoms with Crippen LogP contribution in [0.3, 0.4) is 0 Å². The van der Waals surface area contributed by atoms with Gasteiger partial charge >= 0.3 is 0 Å². The summed E-state index contributed by atoms with van der Waals surface area (Å²) < 4.78 is 14.0. The van der Waals surface area contributed by atoms with Crippen molar-refractivity contribution in [1.82, 2.24) is 14.8 Å². The molecule has 24 heavy (non-hydrogen) atoms. The molecule has 0 bridgehead atoms. The molecule has 0 unspecified atom stereocenters. The third-order valence-electron chi connectivity index (χ3n) is 4.39. The molecule has 0 N–H and O–H groups in total. The van der Waals surface area contributed by atoms with E-state index in [9.17, 15) is 4.39 Å². The highest BCUT2D eigenvalue weighted by Crippen LogP contribution is 2.26. The van der Waals surface area contributed by atoms with Crippen molar-refractivity contribution in [2.24, 2.45) is 0 Å². The maximum Gasteiger partial charge on any atom is 0.114 e. The normalized spacial score (nSPS) is 21.5. The van der Waals surface area contributed by atoms with Gasteiger partial charge in [-0.1, -0.05) is 0 Å². The van der Waals surface area contributed by atoms with Crippen molar-refractivity contribution in [3.8, 4) is 6.07 Å². The second-order valence-corrected chi connectivity index (χ2v) is 8.46. The summed E-state index contributed by atoms with van der Waals surface area (Å²) in [5.74, 6) is 0. The van der Waals surface area contributed by atoms with Crippen LogP contribution in [0.25, 0.3) is 0 Å². The van der Waals surface area contributed by atoms with Crippen LogP contribution in [0.15, 0.2) is 17.6 Å². The number of likely N-dealkylation sites (N-methyl/N-ethyl adjacent to an activating group) is 1. The summed E-state index contributed by atoms with van der Waals surface area (Å²) in [5.41, 5.74) is 2.91. The third-order valence-corrected chi connectivity index (χ3v) is 6.28. The number of rotatable bonds is 6. The zero-order valence-electron chi connectivity index (χ0n) is 13.9. The molecule has 7 heteroatoms. The summed E-state index contributed by atoms with van der Waals surface area (Å²) in [6.45, 7) is 4.94.